The molecule has 0 saturated heterocycles. The molecule has 2 N–H and O–H groups in total. The van der Waals surface area contributed by atoms with E-state index in [1.165, 1.54) is 12.4 Å². The summed E-state index contributed by atoms with van der Waals surface area (Å²) in [4.78, 5) is 28.7. The maximum absolute atomic E-state index is 11.3. The minimum atomic E-state index is -0.491. The average molecular weight is 265 g/mol. The maximum atomic E-state index is 11.3. The molecule has 0 fully saturated rings. The Morgan fingerprint density at radius 3 is 2.89 bits per heavy atom. The van der Waals surface area contributed by atoms with Crippen LogP contribution in [0.4, 0.5) is 4.79 Å². The standard InChI is InChI=1S/C13H19N3O3/c1-13(2,3)19-12(18)14-7-5-4-6-10-8-11(17)16-9-15-10/h4,6,8-9H,5,7H2,1-3H3,(H,14,18)(H,15,16,17). The van der Waals surface area contributed by atoms with E-state index in [4.69, 9.17) is 4.74 Å². The van der Waals surface area contributed by atoms with Crippen molar-refractivity contribution in [1.29, 1.82) is 0 Å². The molecule has 0 aliphatic carbocycles. The van der Waals surface area contributed by atoms with Gasteiger partial charge in [0.2, 0.25) is 0 Å². The first-order valence-corrected chi connectivity index (χ1v) is 6.05. The smallest absolute Gasteiger partial charge is 0.407 e. The number of hydrogen-bond donors (Lipinski definition) is 2. The molecule has 6 heteroatoms. The maximum Gasteiger partial charge on any atom is 0.407 e. The Balaban J connectivity index is 2.28. The summed E-state index contributed by atoms with van der Waals surface area (Å²) in [7, 11) is 0. The van der Waals surface area contributed by atoms with E-state index in [2.05, 4.69) is 15.3 Å². The van der Waals surface area contributed by atoms with Gasteiger partial charge >= 0.3 is 6.09 Å². The normalized spacial score (nSPS) is 11.5. The lowest BCUT2D eigenvalue weighted by Gasteiger charge is -2.19. The van der Waals surface area contributed by atoms with Gasteiger partial charge in [-0.05, 0) is 33.3 Å². The molecule has 6 nitrogen and oxygen atoms in total. The molecule has 0 aliphatic heterocycles. The van der Waals surface area contributed by atoms with Gasteiger partial charge in [0, 0.05) is 12.6 Å². The molecular weight excluding hydrogens is 246 g/mol. The second kappa shape index (κ2) is 6.72. The van der Waals surface area contributed by atoms with E-state index in [9.17, 15) is 9.59 Å². The molecule has 0 saturated carbocycles. The molecule has 0 bridgehead atoms. The van der Waals surface area contributed by atoms with Crippen molar-refractivity contribution in [3.05, 3.63) is 34.5 Å². The monoisotopic (exact) mass is 265 g/mol. The molecule has 19 heavy (non-hydrogen) atoms. The second-order valence-corrected chi connectivity index (χ2v) is 4.96. The first-order chi connectivity index (χ1) is 8.87. The van der Waals surface area contributed by atoms with Gasteiger partial charge in [0.25, 0.3) is 5.56 Å². The van der Waals surface area contributed by atoms with Crippen LogP contribution in [0.1, 0.15) is 32.9 Å². The van der Waals surface area contributed by atoms with Crippen molar-refractivity contribution < 1.29 is 9.53 Å². The Morgan fingerprint density at radius 1 is 1.53 bits per heavy atom. The van der Waals surface area contributed by atoms with Gasteiger partial charge in [-0.25, -0.2) is 9.78 Å². The van der Waals surface area contributed by atoms with Gasteiger partial charge in [-0.1, -0.05) is 6.08 Å². The lowest BCUT2D eigenvalue weighted by Crippen LogP contribution is -2.32. The summed E-state index contributed by atoms with van der Waals surface area (Å²) < 4.78 is 5.09. The lowest BCUT2D eigenvalue weighted by molar-refractivity contribution is 0.0529. The number of rotatable bonds is 4. The number of alkyl carbamates (subject to hydrolysis) is 1. The minimum absolute atomic E-state index is 0.193. The highest BCUT2D eigenvalue weighted by Gasteiger charge is 2.14. The summed E-state index contributed by atoms with van der Waals surface area (Å²) in [6.07, 6.45) is 5.11. The highest BCUT2D eigenvalue weighted by atomic mass is 16.6. The summed E-state index contributed by atoms with van der Waals surface area (Å²) >= 11 is 0. The molecule has 1 aromatic heterocycles. The molecule has 0 atom stereocenters. The van der Waals surface area contributed by atoms with Crippen LogP contribution in [0.25, 0.3) is 6.08 Å². The first-order valence-electron chi connectivity index (χ1n) is 6.05. The van der Waals surface area contributed by atoms with E-state index < -0.39 is 11.7 Å². The number of H-pyrrole nitrogens is 1. The van der Waals surface area contributed by atoms with E-state index in [0.717, 1.165) is 0 Å². The number of amides is 1. The highest BCUT2D eigenvalue weighted by Crippen LogP contribution is 2.06. The third kappa shape index (κ3) is 7.03. The minimum Gasteiger partial charge on any atom is -0.444 e. The van der Waals surface area contributed by atoms with Gasteiger partial charge in [-0.15, -0.1) is 0 Å². The first kappa shape index (κ1) is 14.9. The van der Waals surface area contributed by atoms with Crippen molar-refractivity contribution in [2.24, 2.45) is 0 Å². The van der Waals surface area contributed by atoms with Gasteiger partial charge in [-0.2, -0.15) is 0 Å². The van der Waals surface area contributed by atoms with E-state index in [1.807, 2.05) is 26.8 Å². The summed E-state index contributed by atoms with van der Waals surface area (Å²) in [6.45, 7) is 5.90. The van der Waals surface area contributed by atoms with Gasteiger partial charge < -0.3 is 15.0 Å². The molecular formula is C13H19N3O3. The SMILES string of the molecule is CC(C)(C)OC(=O)NCCC=Cc1cc(=O)[nH]cn1. The molecule has 0 radical (unpaired) electrons. The predicted molar refractivity (Wildman–Crippen MR) is 72.7 cm³/mol. The van der Waals surface area contributed by atoms with Crippen LogP contribution in [0, 0.1) is 0 Å². The molecule has 1 aromatic rings. The van der Waals surface area contributed by atoms with Gasteiger partial charge in [0.1, 0.15) is 5.60 Å². The fourth-order valence-electron chi connectivity index (χ4n) is 1.25. The molecule has 0 aliphatic rings. The number of aromatic nitrogens is 2. The molecule has 1 rings (SSSR count). The second-order valence-electron chi connectivity index (χ2n) is 4.96. The van der Waals surface area contributed by atoms with Gasteiger partial charge in [-0.3, -0.25) is 4.79 Å². The van der Waals surface area contributed by atoms with E-state index >= 15 is 0 Å². The zero-order chi connectivity index (χ0) is 14.3. The zero-order valence-corrected chi connectivity index (χ0v) is 11.4. The number of nitrogens with one attached hydrogen (secondary N) is 2. The molecule has 1 heterocycles. The number of aromatic amines is 1. The fourth-order valence-corrected chi connectivity index (χ4v) is 1.25. The van der Waals surface area contributed by atoms with Crippen molar-refractivity contribution in [3.8, 4) is 0 Å². The van der Waals surface area contributed by atoms with Crippen LogP contribution in [-0.4, -0.2) is 28.2 Å². The van der Waals surface area contributed by atoms with Crippen molar-refractivity contribution in [1.82, 2.24) is 15.3 Å². The number of carbonyl (C=O) groups excluding carboxylic acids is 1. The number of ether oxygens (including phenoxy) is 1. The van der Waals surface area contributed by atoms with Crippen LogP contribution in [0.2, 0.25) is 0 Å². The van der Waals surface area contributed by atoms with Gasteiger partial charge in [0.15, 0.2) is 0 Å². The molecule has 0 unspecified atom stereocenters. The van der Waals surface area contributed by atoms with Crippen molar-refractivity contribution in [2.45, 2.75) is 32.8 Å². The molecule has 0 spiro atoms. The van der Waals surface area contributed by atoms with E-state index in [-0.39, 0.29) is 5.56 Å². The summed E-state index contributed by atoms with van der Waals surface area (Å²) in [5, 5.41) is 2.64. The number of hydrogen-bond acceptors (Lipinski definition) is 4. The van der Waals surface area contributed by atoms with Crippen molar-refractivity contribution >= 4 is 12.2 Å². The van der Waals surface area contributed by atoms with E-state index in [0.29, 0.717) is 18.7 Å². The zero-order valence-electron chi connectivity index (χ0n) is 11.4. The van der Waals surface area contributed by atoms with Crippen LogP contribution in [-0.2, 0) is 4.74 Å². The Labute approximate surface area is 111 Å². The molecule has 0 aromatic carbocycles. The Morgan fingerprint density at radius 2 is 2.26 bits per heavy atom. The Kier molecular flexibility index (Phi) is 5.29. The van der Waals surface area contributed by atoms with Crippen molar-refractivity contribution in [2.75, 3.05) is 6.54 Å². The largest absolute Gasteiger partial charge is 0.444 e. The number of nitrogens with zero attached hydrogens (tertiary/aromatic N) is 1. The van der Waals surface area contributed by atoms with Crippen LogP contribution >= 0.6 is 0 Å². The van der Waals surface area contributed by atoms with Crippen LogP contribution in [0.15, 0.2) is 23.3 Å². The van der Waals surface area contributed by atoms with Crippen LogP contribution < -0.4 is 10.9 Å². The Bertz CT molecular complexity index is 500. The molecule has 104 valence electrons. The van der Waals surface area contributed by atoms with E-state index in [1.54, 1.807) is 6.08 Å². The molecule has 1 amide bonds. The Hall–Kier alpha value is -2.11. The topological polar surface area (TPSA) is 84.1 Å². The lowest BCUT2D eigenvalue weighted by atomic mass is 10.2. The predicted octanol–water partition coefficient (Wildman–Crippen LogP) is 1.70. The van der Waals surface area contributed by atoms with Crippen LogP contribution in [0.3, 0.4) is 0 Å². The van der Waals surface area contributed by atoms with Gasteiger partial charge in [0.05, 0.1) is 12.0 Å². The summed E-state index contributed by atoms with van der Waals surface area (Å²) in [5.74, 6) is 0. The van der Waals surface area contributed by atoms with Crippen LogP contribution in [0.5, 0.6) is 0 Å². The average Bonchev–Trinajstić information content (AvgIpc) is 2.26. The summed E-state index contributed by atoms with van der Waals surface area (Å²) in [5.41, 5.74) is -0.0999. The third-order valence-corrected chi connectivity index (χ3v) is 1.97. The third-order valence-electron chi connectivity index (χ3n) is 1.97. The van der Waals surface area contributed by atoms with Crippen molar-refractivity contribution in [3.63, 3.8) is 0 Å². The summed E-state index contributed by atoms with van der Waals surface area (Å²) in [6, 6.07) is 1.40. The number of carbonyl (C=O) groups is 1. The fraction of sp³-hybridized carbons (Fsp3) is 0.462. The highest BCUT2D eigenvalue weighted by molar-refractivity contribution is 5.67. The quantitative estimate of drug-likeness (QED) is 0.811.